The lowest BCUT2D eigenvalue weighted by Gasteiger charge is -1.96. The zero-order chi connectivity index (χ0) is 11.0. The third kappa shape index (κ3) is 1.68. The molecular formula is C10H14N4S. The van der Waals surface area contributed by atoms with Crippen molar-refractivity contribution < 1.29 is 0 Å². The summed E-state index contributed by atoms with van der Waals surface area (Å²) < 4.78 is 1.88. The maximum atomic E-state index is 5.55. The molecule has 80 valence electrons. The molecule has 0 unspecified atom stereocenters. The summed E-state index contributed by atoms with van der Waals surface area (Å²) in [6, 6.07) is 0. The van der Waals surface area contributed by atoms with Crippen LogP contribution in [0.25, 0.3) is 11.3 Å². The van der Waals surface area contributed by atoms with E-state index in [0.717, 1.165) is 27.7 Å². The fourth-order valence-electron chi connectivity index (χ4n) is 1.66. The zero-order valence-electron chi connectivity index (χ0n) is 9.11. The molecule has 15 heavy (non-hydrogen) atoms. The van der Waals surface area contributed by atoms with Gasteiger partial charge in [0.05, 0.1) is 11.4 Å². The molecule has 2 N–H and O–H groups in total. The predicted octanol–water partition coefficient (Wildman–Crippen LogP) is 1.62. The largest absolute Gasteiger partial charge is 0.325 e. The van der Waals surface area contributed by atoms with E-state index < -0.39 is 0 Å². The number of nitrogens with two attached hydrogens (primary N) is 1. The first-order valence-electron chi connectivity index (χ1n) is 4.78. The Morgan fingerprint density at radius 1 is 1.47 bits per heavy atom. The summed E-state index contributed by atoms with van der Waals surface area (Å²) in [5.74, 6) is 0. The maximum Gasteiger partial charge on any atom is 0.107 e. The van der Waals surface area contributed by atoms with E-state index >= 15 is 0 Å². The number of hydrogen-bond acceptors (Lipinski definition) is 4. The van der Waals surface area contributed by atoms with Gasteiger partial charge in [0, 0.05) is 30.2 Å². The molecule has 0 bridgehead atoms. The molecule has 0 saturated heterocycles. The highest BCUT2D eigenvalue weighted by molar-refractivity contribution is 7.09. The number of aryl methyl sites for hydroxylation is 2. The Morgan fingerprint density at radius 3 is 2.67 bits per heavy atom. The third-order valence-electron chi connectivity index (χ3n) is 2.49. The Morgan fingerprint density at radius 2 is 2.20 bits per heavy atom. The number of aromatic nitrogens is 3. The van der Waals surface area contributed by atoms with Crippen molar-refractivity contribution >= 4 is 11.3 Å². The Bertz CT molecular complexity index is 484. The lowest BCUT2D eigenvalue weighted by molar-refractivity contribution is 0.731. The second-order valence-corrected chi connectivity index (χ2v) is 4.44. The van der Waals surface area contributed by atoms with Crippen LogP contribution in [0.1, 0.15) is 16.4 Å². The zero-order valence-corrected chi connectivity index (χ0v) is 9.93. The summed E-state index contributed by atoms with van der Waals surface area (Å²) in [5.41, 5.74) is 9.83. The Hall–Kier alpha value is -1.20. The fourth-order valence-corrected chi connectivity index (χ4v) is 2.33. The van der Waals surface area contributed by atoms with Crippen LogP contribution >= 0.6 is 11.3 Å². The van der Waals surface area contributed by atoms with Gasteiger partial charge in [-0.15, -0.1) is 11.3 Å². The molecule has 4 nitrogen and oxygen atoms in total. The molecule has 0 atom stereocenters. The molecule has 0 radical (unpaired) electrons. The molecule has 0 aliphatic carbocycles. The van der Waals surface area contributed by atoms with Gasteiger partial charge in [0.1, 0.15) is 5.01 Å². The molecule has 0 aliphatic heterocycles. The first kappa shape index (κ1) is 10.3. The second kappa shape index (κ2) is 3.75. The van der Waals surface area contributed by atoms with E-state index in [2.05, 4.69) is 17.0 Å². The Balaban J connectivity index is 2.53. The molecule has 2 rings (SSSR count). The Labute approximate surface area is 92.8 Å². The number of nitrogens with zero attached hydrogens (tertiary/aromatic N) is 3. The summed E-state index contributed by atoms with van der Waals surface area (Å²) in [6.07, 6.45) is 0. The van der Waals surface area contributed by atoms with Crippen LogP contribution in [-0.4, -0.2) is 14.8 Å². The standard InChI is InChI=1S/C10H14N4S/c1-6-10(7(2)14(3)13-6)8-5-15-9(4-11)12-8/h5H,4,11H2,1-3H3. The van der Waals surface area contributed by atoms with E-state index in [0.29, 0.717) is 6.54 Å². The topological polar surface area (TPSA) is 56.7 Å². The van der Waals surface area contributed by atoms with Gasteiger partial charge in [-0.2, -0.15) is 5.10 Å². The predicted molar refractivity (Wildman–Crippen MR) is 61.7 cm³/mol. The van der Waals surface area contributed by atoms with Gasteiger partial charge in [0.25, 0.3) is 0 Å². The van der Waals surface area contributed by atoms with E-state index in [-0.39, 0.29) is 0 Å². The monoisotopic (exact) mass is 222 g/mol. The molecule has 0 amide bonds. The molecule has 2 aromatic rings. The lowest BCUT2D eigenvalue weighted by atomic mass is 10.1. The smallest absolute Gasteiger partial charge is 0.107 e. The van der Waals surface area contributed by atoms with E-state index in [9.17, 15) is 0 Å². The van der Waals surface area contributed by atoms with Gasteiger partial charge in [-0.3, -0.25) is 4.68 Å². The summed E-state index contributed by atoms with van der Waals surface area (Å²) in [5, 5.41) is 7.38. The van der Waals surface area contributed by atoms with Crippen LogP contribution in [0, 0.1) is 13.8 Å². The van der Waals surface area contributed by atoms with Crippen LogP contribution in [0.3, 0.4) is 0 Å². The van der Waals surface area contributed by atoms with Crippen molar-refractivity contribution in [1.82, 2.24) is 14.8 Å². The highest BCUT2D eigenvalue weighted by Gasteiger charge is 2.14. The molecule has 0 saturated carbocycles. The molecule has 5 heteroatoms. The van der Waals surface area contributed by atoms with Crippen molar-refractivity contribution in [3.8, 4) is 11.3 Å². The Kier molecular flexibility index (Phi) is 2.58. The number of thiazole rings is 1. The minimum atomic E-state index is 0.503. The molecule has 0 aromatic carbocycles. The normalized spacial score (nSPS) is 10.9. The molecule has 2 aromatic heterocycles. The molecule has 0 fully saturated rings. The van der Waals surface area contributed by atoms with Crippen molar-refractivity contribution in [3.05, 3.63) is 21.8 Å². The summed E-state index contributed by atoms with van der Waals surface area (Å²) in [4.78, 5) is 4.47. The van der Waals surface area contributed by atoms with E-state index in [1.54, 1.807) is 11.3 Å². The molecule has 0 spiro atoms. The van der Waals surface area contributed by atoms with Gasteiger partial charge in [-0.05, 0) is 13.8 Å². The molecule has 0 aliphatic rings. The van der Waals surface area contributed by atoms with Crippen LogP contribution in [0.15, 0.2) is 5.38 Å². The third-order valence-corrected chi connectivity index (χ3v) is 3.36. The fraction of sp³-hybridized carbons (Fsp3) is 0.400. The van der Waals surface area contributed by atoms with Crippen molar-refractivity contribution in [2.75, 3.05) is 0 Å². The van der Waals surface area contributed by atoms with Crippen molar-refractivity contribution in [2.24, 2.45) is 12.8 Å². The summed E-state index contributed by atoms with van der Waals surface area (Å²) in [6.45, 7) is 4.56. The second-order valence-electron chi connectivity index (χ2n) is 3.50. The van der Waals surface area contributed by atoms with Crippen LogP contribution in [0.4, 0.5) is 0 Å². The van der Waals surface area contributed by atoms with E-state index in [4.69, 9.17) is 5.73 Å². The SMILES string of the molecule is Cc1nn(C)c(C)c1-c1csc(CN)n1. The molecular weight excluding hydrogens is 208 g/mol. The van der Waals surface area contributed by atoms with Crippen molar-refractivity contribution in [2.45, 2.75) is 20.4 Å². The van der Waals surface area contributed by atoms with Crippen LogP contribution in [0.5, 0.6) is 0 Å². The molecule has 2 heterocycles. The van der Waals surface area contributed by atoms with Crippen molar-refractivity contribution in [1.29, 1.82) is 0 Å². The number of rotatable bonds is 2. The highest BCUT2D eigenvalue weighted by atomic mass is 32.1. The average Bonchev–Trinajstić information content (AvgIpc) is 2.74. The minimum Gasteiger partial charge on any atom is -0.325 e. The van der Waals surface area contributed by atoms with Crippen LogP contribution in [-0.2, 0) is 13.6 Å². The van der Waals surface area contributed by atoms with Gasteiger partial charge in [-0.25, -0.2) is 4.98 Å². The van der Waals surface area contributed by atoms with E-state index in [1.165, 1.54) is 0 Å². The van der Waals surface area contributed by atoms with Crippen molar-refractivity contribution in [3.63, 3.8) is 0 Å². The van der Waals surface area contributed by atoms with Crippen LogP contribution < -0.4 is 5.73 Å². The van der Waals surface area contributed by atoms with Gasteiger partial charge in [-0.1, -0.05) is 0 Å². The first-order valence-corrected chi connectivity index (χ1v) is 5.66. The van der Waals surface area contributed by atoms with Gasteiger partial charge >= 0.3 is 0 Å². The maximum absolute atomic E-state index is 5.55. The van der Waals surface area contributed by atoms with Crippen LogP contribution in [0.2, 0.25) is 0 Å². The van der Waals surface area contributed by atoms with Gasteiger partial charge < -0.3 is 5.73 Å². The quantitative estimate of drug-likeness (QED) is 0.840. The first-order chi connectivity index (χ1) is 7.13. The lowest BCUT2D eigenvalue weighted by Crippen LogP contribution is -1.95. The van der Waals surface area contributed by atoms with Gasteiger partial charge in [0.2, 0.25) is 0 Å². The summed E-state index contributed by atoms with van der Waals surface area (Å²) >= 11 is 1.60. The summed E-state index contributed by atoms with van der Waals surface area (Å²) in [7, 11) is 1.95. The highest BCUT2D eigenvalue weighted by Crippen LogP contribution is 2.27. The van der Waals surface area contributed by atoms with Gasteiger partial charge in [0.15, 0.2) is 0 Å². The van der Waals surface area contributed by atoms with E-state index in [1.807, 2.05) is 24.0 Å². The number of hydrogen-bond donors (Lipinski definition) is 1. The minimum absolute atomic E-state index is 0.503. The average molecular weight is 222 g/mol.